The molecule has 0 aliphatic carbocycles. The van der Waals surface area contributed by atoms with E-state index < -0.39 is 17.2 Å². The Bertz CT molecular complexity index is 753. The summed E-state index contributed by atoms with van der Waals surface area (Å²) < 4.78 is 33.3. The maximum absolute atomic E-state index is 13.9. The van der Waals surface area contributed by atoms with Crippen molar-refractivity contribution in [2.75, 3.05) is 12.4 Å². The first-order chi connectivity index (χ1) is 10.5. The second-order valence-corrected chi connectivity index (χ2v) is 5.40. The summed E-state index contributed by atoms with van der Waals surface area (Å²) in [4.78, 5) is 22.1. The summed E-state index contributed by atoms with van der Waals surface area (Å²) >= 11 is 1.93. The fraction of sp³-hybridized carbons (Fsp3) is 0.0714. The van der Waals surface area contributed by atoms with Gasteiger partial charge >= 0.3 is 0 Å². The van der Waals surface area contributed by atoms with Crippen LogP contribution in [0.2, 0.25) is 0 Å². The first-order valence-electron chi connectivity index (χ1n) is 5.93. The number of anilines is 2. The predicted octanol–water partition coefficient (Wildman–Crippen LogP) is 4.53. The molecule has 0 aliphatic rings. The maximum atomic E-state index is 13.9. The smallest absolute Gasteiger partial charge is 0.174 e. The van der Waals surface area contributed by atoms with Gasteiger partial charge in [0, 0.05) is 9.64 Å². The van der Waals surface area contributed by atoms with Crippen molar-refractivity contribution in [3.8, 4) is 5.75 Å². The summed E-state index contributed by atoms with van der Waals surface area (Å²) in [5.41, 5.74) is -1.03. The van der Waals surface area contributed by atoms with Gasteiger partial charge < -0.3 is 10.1 Å². The number of nitroso groups, excluding NO2 is 1. The van der Waals surface area contributed by atoms with Crippen molar-refractivity contribution in [2.45, 2.75) is 0 Å². The number of carbonyl (C=O) groups excluding carboxylic acids is 1. The van der Waals surface area contributed by atoms with Crippen LogP contribution in [0.25, 0.3) is 0 Å². The van der Waals surface area contributed by atoms with E-state index in [0.717, 1.165) is 6.07 Å². The predicted molar refractivity (Wildman–Crippen MR) is 86.2 cm³/mol. The number of nitrogens with one attached hydrogen (secondary N) is 1. The second kappa shape index (κ2) is 6.77. The Morgan fingerprint density at radius 2 is 2.00 bits per heavy atom. The van der Waals surface area contributed by atoms with Gasteiger partial charge in [-0.15, -0.1) is 4.91 Å². The third-order valence-corrected chi connectivity index (χ3v) is 3.55. The van der Waals surface area contributed by atoms with Gasteiger partial charge in [0.15, 0.2) is 17.7 Å². The van der Waals surface area contributed by atoms with Gasteiger partial charge in [-0.3, -0.25) is 4.79 Å². The lowest BCUT2D eigenvalue weighted by atomic mass is 10.1. The minimum absolute atomic E-state index is 0.0268. The van der Waals surface area contributed by atoms with Crippen molar-refractivity contribution < 1.29 is 18.3 Å². The number of aldehydes is 1. The van der Waals surface area contributed by atoms with Crippen LogP contribution < -0.4 is 10.1 Å². The van der Waals surface area contributed by atoms with Gasteiger partial charge in [-0.25, -0.2) is 8.78 Å². The third kappa shape index (κ3) is 3.06. The van der Waals surface area contributed by atoms with E-state index in [9.17, 15) is 18.5 Å². The number of halogens is 3. The maximum Gasteiger partial charge on any atom is 0.174 e. The lowest BCUT2D eigenvalue weighted by Crippen LogP contribution is -2.02. The molecule has 0 bridgehead atoms. The SMILES string of the molecule is COc1cc(F)c(C=O)c(Nc2ccc(I)cc2F)c1N=O. The summed E-state index contributed by atoms with van der Waals surface area (Å²) in [7, 11) is 1.22. The van der Waals surface area contributed by atoms with Crippen LogP contribution in [-0.2, 0) is 0 Å². The zero-order valence-corrected chi connectivity index (χ0v) is 13.4. The average Bonchev–Trinajstić information content (AvgIpc) is 2.49. The van der Waals surface area contributed by atoms with Gasteiger partial charge in [-0.05, 0) is 46.0 Å². The van der Waals surface area contributed by atoms with E-state index in [1.54, 1.807) is 6.07 Å². The molecule has 2 rings (SSSR count). The van der Waals surface area contributed by atoms with E-state index in [1.165, 1.54) is 19.2 Å². The average molecular weight is 418 g/mol. The topological polar surface area (TPSA) is 67.8 Å². The van der Waals surface area contributed by atoms with E-state index in [-0.39, 0.29) is 29.1 Å². The van der Waals surface area contributed by atoms with Crippen molar-refractivity contribution in [3.63, 3.8) is 0 Å². The number of benzene rings is 2. The zero-order chi connectivity index (χ0) is 16.3. The molecule has 1 N–H and O–H groups in total. The molecule has 0 atom stereocenters. The monoisotopic (exact) mass is 418 g/mol. The normalized spacial score (nSPS) is 10.2. The molecule has 114 valence electrons. The molecular weight excluding hydrogens is 409 g/mol. The van der Waals surface area contributed by atoms with Gasteiger partial charge in [0.25, 0.3) is 0 Å². The molecule has 5 nitrogen and oxygen atoms in total. The molecule has 0 aromatic heterocycles. The Morgan fingerprint density at radius 3 is 2.55 bits per heavy atom. The van der Waals surface area contributed by atoms with Crippen molar-refractivity contribution in [3.05, 3.63) is 49.9 Å². The van der Waals surface area contributed by atoms with Crippen LogP contribution in [0.3, 0.4) is 0 Å². The van der Waals surface area contributed by atoms with E-state index >= 15 is 0 Å². The summed E-state index contributed by atoms with van der Waals surface area (Å²) in [6.45, 7) is 0. The molecule has 2 aromatic carbocycles. The first kappa shape index (κ1) is 16.3. The molecule has 0 aliphatic heterocycles. The number of hydrogen-bond donors (Lipinski definition) is 1. The zero-order valence-electron chi connectivity index (χ0n) is 11.2. The van der Waals surface area contributed by atoms with Crippen LogP contribution in [0.1, 0.15) is 10.4 Å². The highest BCUT2D eigenvalue weighted by Crippen LogP contribution is 2.41. The van der Waals surface area contributed by atoms with Gasteiger partial charge in [0.2, 0.25) is 0 Å². The summed E-state index contributed by atoms with van der Waals surface area (Å²) in [5.74, 6) is -1.69. The van der Waals surface area contributed by atoms with E-state index in [4.69, 9.17) is 4.74 Å². The molecule has 8 heteroatoms. The quantitative estimate of drug-likeness (QED) is 0.440. The molecule has 0 heterocycles. The number of rotatable bonds is 5. The van der Waals surface area contributed by atoms with Crippen LogP contribution >= 0.6 is 22.6 Å². The molecule has 0 amide bonds. The van der Waals surface area contributed by atoms with Crippen LogP contribution in [0.5, 0.6) is 5.75 Å². The number of hydrogen-bond acceptors (Lipinski definition) is 5. The molecule has 0 radical (unpaired) electrons. The van der Waals surface area contributed by atoms with Crippen LogP contribution in [0, 0.1) is 20.1 Å². The Morgan fingerprint density at radius 1 is 1.27 bits per heavy atom. The molecular formula is C14H9F2IN2O3. The van der Waals surface area contributed by atoms with Gasteiger partial charge in [0.05, 0.1) is 24.0 Å². The van der Waals surface area contributed by atoms with Gasteiger partial charge in [-0.2, -0.15) is 0 Å². The fourth-order valence-corrected chi connectivity index (χ4v) is 2.30. The van der Waals surface area contributed by atoms with E-state index in [0.29, 0.717) is 3.57 Å². The third-order valence-electron chi connectivity index (χ3n) is 2.87. The van der Waals surface area contributed by atoms with Crippen LogP contribution in [0.4, 0.5) is 25.8 Å². The molecule has 22 heavy (non-hydrogen) atoms. The van der Waals surface area contributed by atoms with Crippen molar-refractivity contribution in [1.82, 2.24) is 0 Å². The van der Waals surface area contributed by atoms with Crippen molar-refractivity contribution >= 4 is 45.9 Å². The fourth-order valence-electron chi connectivity index (χ4n) is 1.84. The number of carbonyl (C=O) groups is 1. The highest BCUT2D eigenvalue weighted by Gasteiger charge is 2.21. The highest BCUT2D eigenvalue weighted by atomic mass is 127. The standard InChI is InChI=1S/C14H9F2IN2O3/c1-22-12-5-9(15)8(6-20)13(14(12)19-21)18-11-3-2-7(17)4-10(11)16/h2-6,18H,1H3. The molecule has 0 unspecified atom stereocenters. The molecule has 0 saturated carbocycles. The minimum Gasteiger partial charge on any atom is -0.494 e. The summed E-state index contributed by atoms with van der Waals surface area (Å²) in [5, 5.41) is 5.28. The van der Waals surface area contributed by atoms with Crippen molar-refractivity contribution in [1.29, 1.82) is 0 Å². The minimum atomic E-state index is -0.910. The second-order valence-electron chi connectivity index (χ2n) is 4.16. The summed E-state index contributed by atoms with van der Waals surface area (Å²) in [6.07, 6.45) is 0.219. The summed E-state index contributed by atoms with van der Waals surface area (Å²) in [6, 6.07) is 5.12. The number of methoxy groups -OCH3 is 1. The molecule has 0 spiro atoms. The number of ether oxygens (including phenoxy) is 1. The van der Waals surface area contributed by atoms with Crippen LogP contribution in [-0.4, -0.2) is 13.4 Å². The van der Waals surface area contributed by atoms with Gasteiger partial charge in [0.1, 0.15) is 11.6 Å². The van der Waals surface area contributed by atoms with Crippen molar-refractivity contribution in [2.24, 2.45) is 5.18 Å². The highest BCUT2D eigenvalue weighted by molar-refractivity contribution is 14.1. The van der Waals surface area contributed by atoms with E-state index in [1.807, 2.05) is 22.6 Å². The van der Waals surface area contributed by atoms with E-state index in [2.05, 4.69) is 10.5 Å². The number of nitrogens with zero attached hydrogens (tertiary/aromatic N) is 1. The Hall–Kier alpha value is -2.10. The Kier molecular flexibility index (Phi) is 5.01. The molecule has 2 aromatic rings. The largest absolute Gasteiger partial charge is 0.494 e. The van der Waals surface area contributed by atoms with Gasteiger partial charge in [-0.1, -0.05) is 0 Å². The lowest BCUT2D eigenvalue weighted by molar-refractivity contribution is 0.112. The molecule has 0 fully saturated rings. The van der Waals surface area contributed by atoms with Crippen LogP contribution in [0.15, 0.2) is 29.4 Å². The lowest BCUT2D eigenvalue weighted by Gasteiger charge is -2.14. The first-order valence-corrected chi connectivity index (χ1v) is 7.00. The Balaban J connectivity index is 2.64. The molecule has 0 saturated heterocycles. The Labute approximate surface area is 137 Å².